The number of nitrogens with one attached hydrogen (secondary N) is 1. The van der Waals surface area contributed by atoms with E-state index in [2.05, 4.69) is 50.4 Å². The maximum Gasteiger partial charge on any atom is 0.234 e. The predicted octanol–water partition coefficient (Wildman–Crippen LogP) is 3.68. The number of hydrogen-bond acceptors (Lipinski definition) is 2. The standard InChI is InChI=1S/C19H21BrN2O/c1-14(15-6-8-18(20)9-7-15)21-19(23)13-22-11-10-16-4-2-3-5-17(16)12-22/h2-9,14H,10-13H2,1H3,(H,21,23)/t14-/m0/s1. The molecule has 0 saturated carbocycles. The molecule has 2 aromatic carbocycles. The van der Waals surface area contributed by atoms with Gasteiger partial charge >= 0.3 is 0 Å². The predicted molar refractivity (Wildman–Crippen MR) is 96.1 cm³/mol. The monoisotopic (exact) mass is 372 g/mol. The fourth-order valence-corrected chi connectivity index (χ4v) is 3.28. The fourth-order valence-electron chi connectivity index (χ4n) is 3.01. The van der Waals surface area contributed by atoms with Crippen LogP contribution in [0.15, 0.2) is 53.0 Å². The first-order valence-corrected chi connectivity index (χ1v) is 8.75. The number of hydrogen-bond donors (Lipinski definition) is 1. The minimum absolute atomic E-state index is 0.0210. The third-order valence-corrected chi connectivity index (χ3v) is 4.85. The number of carbonyl (C=O) groups is 1. The molecule has 1 N–H and O–H groups in total. The zero-order chi connectivity index (χ0) is 16.2. The summed E-state index contributed by atoms with van der Waals surface area (Å²) in [5.41, 5.74) is 3.87. The smallest absolute Gasteiger partial charge is 0.234 e. The highest BCUT2D eigenvalue weighted by Gasteiger charge is 2.19. The lowest BCUT2D eigenvalue weighted by Crippen LogP contribution is -2.40. The van der Waals surface area contributed by atoms with Crippen LogP contribution in [0, 0.1) is 0 Å². The summed E-state index contributed by atoms with van der Waals surface area (Å²) in [7, 11) is 0. The molecule has 0 fully saturated rings. The molecule has 1 aliphatic heterocycles. The van der Waals surface area contributed by atoms with Crippen molar-refractivity contribution in [2.75, 3.05) is 13.1 Å². The zero-order valence-electron chi connectivity index (χ0n) is 13.3. The lowest BCUT2D eigenvalue weighted by Gasteiger charge is -2.28. The van der Waals surface area contributed by atoms with E-state index in [9.17, 15) is 4.79 Å². The van der Waals surface area contributed by atoms with Crippen molar-refractivity contribution in [2.24, 2.45) is 0 Å². The molecule has 1 atom stereocenters. The second kappa shape index (κ2) is 7.28. The Labute approximate surface area is 145 Å². The molecule has 0 spiro atoms. The molecule has 1 heterocycles. The molecule has 0 radical (unpaired) electrons. The van der Waals surface area contributed by atoms with Crippen molar-refractivity contribution in [3.8, 4) is 0 Å². The van der Waals surface area contributed by atoms with Crippen LogP contribution < -0.4 is 5.32 Å². The van der Waals surface area contributed by atoms with Crippen LogP contribution in [0.2, 0.25) is 0 Å². The van der Waals surface area contributed by atoms with Crippen molar-refractivity contribution < 1.29 is 4.79 Å². The minimum Gasteiger partial charge on any atom is -0.348 e. The molecular weight excluding hydrogens is 352 g/mol. The number of fused-ring (bicyclic) bond motifs is 1. The molecule has 1 amide bonds. The number of rotatable bonds is 4. The van der Waals surface area contributed by atoms with Crippen LogP contribution in [0.1, 0.15) is 29.7 Å². The highest BCUT2D eigenvalue weighted by atomic mass is 79.9. The van der Waals surface area contributed by atoms with Crippen LogP contribution in [0.3, 0.4) is 0 Å². The van der Waals surface area contributed by atoms with Gasteiger partial charge in [-0.3, -0.25) is 9.69 Å². The van der Waals surface area contributed by atoms with Gasteiger partial charge in [0, 0.05) is 17.6 Å². The molecule has 0 aromatic heterocycles. The summed E-state index contributed by atoms with van der Waals surface area (Å²) in [6, 6.07) is 16.6. The van der Waals surface area contributed by atoms with Gasteiger partial charge < -0.3 is 5.32 Å². The summed E-state index contributed by atoms with van der Waals surface area (Å²) in [5.74, 6) is 0.0831. The van der Waals surface area contributed by atoms with Gasteiger partial charge in [-0.15, -0.1) is 0 Å². The van der Waals surface area contributed by atoms with Crippen LogP contribution >= 0.6 is 15.9 Å². The molecular formula is C19H21BrN2O. The molecule has 23 heavy (non-hydrogen) atoms. The maximum atomic E-state index is 12.3. The summed E-state index contributed by atoms with van der Waals surface area (Å²) < 4.78 is 1.05. The van der Waals surface area contributed by atoms with E-state index in [1.807, 2.05) is 31.2 Å². The van der Waals surface area contributed by atoms with Gasteiger partial charge in [0.2, 0.25) is 5.91 Å². The van der Waals surface area contributed by atoms with E-state index >= 15 is 0 Å². The Morgan fingerprint density at radius 1 is 1.17 bits per heavy atom. The molecule has 2 aromatic rings. The number of nitrogens with zero attached hydrogens (tertiary/aromatic N) is 1. The lowest BCUT2D eigenvalue weighted by atomic mass is 10.00. The van der Waals surface area contributed by atoms with Crippen molar-refractivity contribution in [1.82, 2.24) is 10.2 Å². The van der Waals surface area contributed by atoms with Crippen molar-refractivity contribution >= 4 is 21.8 Å². The number of amides is 1. The minimum atomic E-state index is 0.0210. The summed E-state index contributed by atoms with van der Waals surface area (Å²) >= 11 is 3.43. The zero-order valence-corrected chi connectivity index (χ0v) is 14.8. The van der Waals surface area contributed by atoms with Crippen molar-refractivity contribution in [3.05, 3.63) is 69.7 Å². The molecule has 0 saturated heterocycles. The summed E-state index contributed by atoms with van der Waals surface area (Å²) in [6.45, 7) is 4.27. The molecule has 0 unspecified atom stereocenters. The first kappa shape index (κ1) is 16.2. The lowest BCUT2D eigenvalue weighted by molar-refractivity contribution is -0.123. The second-order valence-corrected chi connectivity index (χ2v) is 6.99. The number of carbonyl (C=O) groups excluding carboxylic acids is 1. The van der Waals surface area contributed by atoms with Gasteiger partial charge in [0.15, 0.2) is 0 Å². The molecule has 4 heteroatoms. The third kappa shape index (κ3) is 4.21. The Balaban J connectivity index is 1.55. The van der Waals surface area contributed by atoms with Crippen molar-refractivity contribution in [2.45, 2.75) is 25.9 Å². The number of benzene rings is 2. The van der Waals surface area contributed by atoms with Crippen LogP contribution in [0.25, 0.3) is 0 Å². The Kier molecular flexibility index (Phi) is 5.13. The van der Waals surface area contributed by atoms with Crippen molar-refractivity contribution in [1.29, 1.82) is 0 Å². The van der Waals surface area contributed by atoms with Crippen LogP contribution in [0.4, 0.5) is 0 Å². The number of halogens is 1. The summed E-state index contributed by atoms with van der Waals surface area (Å²) in [4.78, 5) is 14.5. The van der Waals surface area contributed by atoms with Gasteiger partial charge in [-0.1, -0.05) is 52.3 Å². The van der Waals surface area contributed by atoms with Crippen LogP contribution in [-0.2, 0) is 17.8 Å². The van der Waals surface area contributed by atoms with E-state index in [1.165, 1.54) is 11.1 Å². The first-order chi connectivity index (χ1) is 11.1. The highest BCUT2D eigenvalue weighted by molar-refractivity contribution is 9.10. The molecule has 0 bridgehead atoms. The van der Waals surface area contributed by atoms with Gasteiger partial charge in [-0.05, 0) is 42.2 Å². The van der Waals surface area contributed by atoms with Gasteiger partial charge in [-0.2, -0.15) is 0 Å². The van der Waals surface area contributed by atoms with E-state index in [-0.39, 0.29) is 11.9 Å². The van der Waals surface area contributed by atoms with Gasteiger partial charge in [0.1, 0.15) is 0 Å². The van der Waals surface area contributed by atoms with E-state index in [0.717, 1.165) is 29.5 Å². The first-order valence-electron chi connectivity index (χ1n) is 7.96. The van der Waals surface area contributed by atoms with E-state index in [4.69, 9.17) is 0 Å². The van der Waals surface area contributed by atoms with Gasteiger partial charge in [-0.25, -0.2) is 0 Å². The SMILES string of the molecule is C[C@H](NC(=O)CN1CCc2ccccc2C1)c1ccc(Br)cc1. The van der Waals surface area contributed by atoms with E-state index in [0.29, 0.717) is 6.54 Å². The fraction of sp³-hybridized carbons (Fsp3) is 0.316. The summed E-state index contributed by atoms with van der Waals surface area (Å²) in [6.07, 6.45) is 1.02. The van der Waals surface area contributed by atoms with Crippen LogP contribution in [0.5, 0.6) is 0 Å². The van der Waals surface area contributed by atoms with Gasteiger partial charge in [0.05, 0.1) is 12.6 Å². The molecule has 3 nitrogen and oxygen atoms in total. The Morgan fingerprint density at radius 3 is 2.61 bits per heavy atom. The molecule has 1 aliphatic rings. The van der Waals surface area contributed by atoms with Gasteiger partial charge in [0.25, 0.3) is 0 Å². The highest BCUT2D eigenvalue weighted by Crippen LogP contribution is 2.19. The maximum absolute atomic E-state index is 12.3. The Hall–Kier alpha value is -1.65. The Morgan fingerprint density at radius 2 is 1.87 bits per heavy atom. The second-order valence-electron chi connectivity index (χ2n) is 6.07. The molecule has 0 aliphatic carbocycles. The Bertz CT molecular complexity index is 684. The normalized spacial score (nSPS) is 15.7. The average Bonchev–Trinajstić information content (AvgIpc) is 2.55. The third-order valence-electron chi connectivity index (χ3n) is 4.32. The largest absolute Gasteiger partial charge is 0.348 e. The van der Waals surface area contributed by atoms with Crippen molar-refractivity contribution in [3.63, 3.8) is 0 Å². The topological polar surface area (TPSA) is 32.3 Å². The summed E-state index contributed by atoms with van der Waals surface area (Å²) in [5, 5.41) is 3.09. The average molecular weight is 373 g/mol. The van der Waals surface area contributed by atoms with Crippen LogP contribution in [-0.4, -0.2) is 23.9 Å². The van der Waals surface area contributed by atoms with E-state index < -0.39 is 0 Å². The molecule has 3 rings (SSSR count). The van der Waals surface area contributed by atoms with E-state index in [1.54, 1.807) is 0 Å². The quantitative estimate of drug-likeness (QED) is 0.887. The molecule has 120 valence electrons.